The van der Waals surface area contributed by atoms with Crippen molar-refractivity contribution in [2.24, 2.45) is 0 Å². The fourth-order valence-corrected chi connectivity index (χ4v) is 2.72. The summed E-state index contributed by atoms with van der Waals surface area (Å²) in [4.78, 5) is 2.98. The van der Waals surface area contributed by atoms with Gasteiger partial charge in [0.25, 0.3) is 0 Å². The predicted octanol–water partition coefficient (Wildman–Crippen LogP) is 5.02. The number of rotatable bonds is 1. The molecule has 21 heavy (non-hydrogen) atoms. The molecule has 1 N–H and O–H groups in total. The van der Waals surface area contributed by atoms with Crippen molar-refractivity contribution < 1.29 is 13.2 Å². The molecule has 1 aromatic heterocycles. The van der Waals surface area contributed by atoms with Gasteiger partial charge in [-0.05, 0) is 42.9 Å². The summed E-state index contributed by atoms with van der Waals surface area (Å²) >= 11 is 5.22. The third kappa shape index (κ3) is 2.25. The highest BCUT2D eigenvalue weighted by atomic mass is 32.1. The van der Waals surface area contributed by atoms with Gasteiger partial charge in [0, 0.05) is 0 Å². The standard InChI is InChI=1S/C15H11F3N2S/c1-9-5-4-8-12-13(9)19-14(21)20(12)11-7-3-2-6-10(11)15(16,17)18/h2-8H,1H3,(H,19,21). The summed E-state index contributed by atoms with van der Waals surface area (Å²) in [5, 5.41) is 0. The third-order valence-electron chi connectivity index (χ3n) is 3.38. The number of halogens is 3. The second-order valence-corrected chi connectivity index (χ2v) is 5.14. The average molecular weight is 308 g/mol. The number of aromatic amines is 1. The lowest BCUT2D eigenvalue weighted by molar-refractivity contribution is -0.137. The zero-order valence-corrected chi connectivity index (χ0v) is 11.8. The van der Waals surface area contributed by atoms with E-state index >= 15 is 0 Å². The van der Waals surface area contributed by atoms with Gasteiger partial charge in [0.1, 0.15) is 0 Å². The van der Waals surface area contributed by atoms with E-state index in [2.05, 4.69) is 4.98 Å². The number of alkyl halides is 3. The second-order valence-electron chi connectivity index (χ2n) is 4.75. The van der Waals surface area contributed by atoms with Crippen molar-refractivity contribution in [3.8, 4) is 5.69 Å². The maximum Gasteiger partial charge on any atom is 0.418 e. The Morgan fingerprint density at radius 3 is 2.48 bits per heavy atom. The maximum absolute atomic E-state index is 13.2. The molecule has 0 spiro atoms. The van der Waals surface area contributed by atoms with Gasteiger partial charge in [0.2, 0.25) is 0 Å². The van der Waals surface area contributed by atoms with E-state index < -0.39 is 11.7 Å². The molecule has 0 aliphatic heterocycles. The van der Waals surface area contributed by atoms with Gasteiger partial charge in [-0.15, -0.1) is 0 Å². The molecule has 3 rings (SSSR count). The number of fused-ring (bicyclic) bond motifs is 1. The van der Waals surface area contributed by atoms with Crippen LogP contribution in [0.2, 0.25) is 0 Å². The summed E-state index contributed by atoms with van der Waals surface area (Å²) in [5.41, 5.74) is 1.65. The van der Waals surface area contributed by atoms with Gasteiger partial charge in [-0.1, -0.05) is 24.3 Å². The van der Waals surface area contributed by atoms with Crippen LogP contribution in [0.5, 0.6) is 0 Å². The topological polar surface area (TPSA) is 20.7 Å². The number of imidazole rings is 1. The lowest BCUT2D eigenvalue weighted by atomic mass is 10.1. The minimum Gasteiger partial charge on any atom is -0.330 e. The third-order valence-corrected chi connectivity index (χ3v) is 3.66. The molecule has 0 bridgehead atoms. The molecule has 0 aliphatic carbocycles. The van der Waals surface area contributed by atoms with Crippen LogP contribution in [0, 0.1) is 11.7 Å². The van der Waals surface area contributed by atoms with Gasteiger partial charge in [-0.2, -0.15) is 13.2 Å². The summed E-state index contributed by atoms with van der Waals surface area (Å²) in [7, 11) is 0. The molecule has 108 valence electrons. The second kappa shape index (κ2) is 4.73. The quantitative estimate of drug-likeness (QED) is 0.626. The fraction of sp³-hybridized carbons (Fsp3) is 0.133. The van der Waals surface area contributed by atoms with E-state index in [1.165, 1.54) is 16.7 Å². The first-order chi connectivity index (χ1) is 9.89. The fourth-order valence-electron chi connectivity index (χ4n) is 2.42. The van der Waals surface area contributed by atoms with E-state index in [-0.39, 0.29) is 10.5 Å². The van der Waals surface area contributed by atoms with Crippen molar-refractivity contribution >= 4 is 23.3 Å². The molecule has 0 amide bonds. The first kappa shape index (κ1) is 13.9. The minimum atomic E-state index is -4.43. The summed E-state index contributed by atoms with van der Waals surface area (Å²) < 4.78 is 41.3. The molecule has 0 saturated heterocycles. The number of nitrogens with zero attached hydrogens (tertiary/aromatic N) is 1. The predicted molar refractivity (Wildman–Crippen MR) is 78.2 cm³/mol. The molecular formula is C15H11F3N2S. The van der Waals surface area contributed by atoms with Crippen LogP contribution in [-0.4, -0.2) is 9.55 Å². The van der Waals surface area contributed by atoms with Gasteiger partial charge in [0.15, 0.2) is 4.77 Å². The summed E-state index contributed by atoms with van der Waals surface area (Å²) in [5.74, 6) is 0. The normalized spacial score (nSPS) is 12.0. The number of benzene rings is 2. The smallest absolute Gasteiger partial charge is 0.330 e. The van der Waals surface area contributed by atoms with Crippen LogP contribution >= 0.6 is 12.2 Å². The van der Waals surface area contributed by atoms with Crippen LogP contribution in [-0.2, 0) is 6.18 Å². The monoisotopic (exact) mass is 308 g/mol. The molecule has 3 aromatic rings. The molecular weight excluding hydrogens is 297 g/mol. The van der Waals surface area contributed by atoms with Crippen molar-refractivity contribution in [1.82, 2.24) is 9.55 Å². The van der Waals surface area contributed by atoms with E-state index in [0.717, 1.165) is 17.1 Å². The Morgan fingerprint density at radius 2 is 1.76 bits per heavy atom. The molecule has 0 fully saturated rings. The zero-order chi connectivity index (χ0) is 15.2. The number of H-pyrrole nitrogens is 1. The SMILES string of the molecule is Cc1cccc2c1[nH]c(=S)n2-c1ccccc1C(F)(F)F. The van der Waals surface area contributed by atoms with Crippen LogP contribution < -0.4 is 0 Å². The summed E-state index contributed by atoms with van der Waals surface area (Å²) in [6, 6.07) is 10.9. The van der Waals surface area contributed by atoms with Gasteiger partial charge >= 0.3 is 6.18 Å². The molecule has 0 saturated carbocycles. The number of aromatic nitrogens is 2. The van der Waals surface area contributed by atoms with Crippen LogP contribution in [0.3, 0.4) is 0 Å². The van der Waals surface area contributed by atoms with Crippen molar-refractivity contribution in [2.75, 3.05) is 0 Å². The minimum absolute atomic E-state index is 0.0341. The Labute approximate surface area is 123 Å². The first-order valence-electron chi connectivity index (χ1n) is 6.26. The number of aryl methyl sites for hydroxylation is 1. The van der Waals surface area contributed by atoms with Crippen LogP contribution in [0.1, 0.15) is 11.1 Å². The highest BCUT2D eigenvalue weighted by Crippen LogP contribution is 2.35. The van der Waals surface area contributed by atoms with E-state index in [0.29, 0.717) is 5.52 Å². The summed E-state index contributed by atoms with van der Waals surface area (Å²) in [6.45, 7) is 1.88. The highest BCUT2D eigenvalue weighted by molar-refractivity contribution is 7.71. The number of hydrogen-bond donors (Lipinski definition) is 1. The molecule has 2 nitrogen and oxygen atoms in total. The van der Waals surface area contributed by atoms with E-state index in [1.807, 2.05) is 13.0 Å². The van der Waals surface area contributed by atoms with E-state index in [1.54, 1.807) is 18.2 Å². The van der Waals surface area contributed by atoms with E-state index in [9.17, 15) is 13.2 Å². The van der Waals surface area contributed by atoms with Crippen LogP contribution in [0.15, 0.2) is 42.5 Å². The van der Waals surface area contributed by atoms with Crippen molar-refractivity contribution in [1.29, 1.82) is 0 Å². The Bertz CT molecular complexity index is 874. The van der Waals surface area contributed by atoms with Gasteiger partial charge < -0.3 is 4.98 Å². The number of nitrogens with one attached hydrogen (secondary N) is 1. The first-order valence-corrected chi connectivity index (χ1v) is 6.67. The Balaban J connectivity index is 2.40. The molecule has 0 unspecified atom stereocenters. The Hall–Kier alpha value is -2.08. The molecule has 2 aromatic carbocycles. The van der Waals surface area contributed by atoms with Crippen molar-refractivity contribution in [3.05, 3.63) is 58.4 Å². The van der Waals surface area contributed by atoms with Gasteiger partial charge in [0.05, 0.1) is 22.3 Å². The summed E-state index contributed by atoms with van der Waals surface area (Å²) in [6.07, 6.45) is -4.43. The molecule has 1 heterocycles. The number of hydrogen-bond acceptors (Lipinski definition) is 1. The average Bonchev–Trinajstić information content (AvgIpc) is 2.75. The highest BCUT2D eigenvalue weighted by Gasteiger charge is 2.34. The lowest BCUT2D eigenvalue weighted by Crippen LogP contribution is -2.10. The zero-order valence-electron chi connectivity index (χ0n) is 11.0. The largest absolute Gasteiger partial charge is 0.418 e. The van der Waals surface area contributed by atoms with Gasteiger partial charge in [-0.3, -0.25) is 4.57 Å². The van der Waals surface area contributed by atoms with Gasteiger partial charge in [-0.25, -0.2) is 0 Å². The Morgan fingerprint density at radius 1 is 1.05 bits per heavy atom. The molecule has 0 aliphatic rings. The molecule has 6 heteroatoms. The number of para-hydroxylation sites is 2. The Kier molecular flexibility index (Phi) is 3.13. The molecule has 0 radical (unpaired) electrons. The van der Waals surface area contributed by atoms with Crippen LogP contribution in [0.4, 0.5) is 13.2 Å². The van der Waals surface area contributed by atoms with Crippen molar-refractivity contribution in [2.45, 2.75) is 13.1 Å². The lowest BCUT2D eigenvalue weighted by Gasteiger charge is -2.14. The molecule has 0 atom stereocenters. The van der Waals surface area contributed by atoms with Crippen molar-refractivity contribution in [3.63, 3.8) is 0 Å². The van der Waals surface area contributed by atoms with Crippen LogP contribution in [0.25, 0.3) is 16.7 Å². The maximum atomic E-state index is 13.2. The van der Waals surface area contributed by atoms with E-state index in [4.69, 9.17) is 12.2 Å².